The van der Waals surface area contributed by atoms with Crippen molar-refractivity contribution in [1.82, 2.24) is 24.8 Å². The minimum atomic E-state index is -3.63. The highest BCUT2D eigenvalue weighted by atomic mass is 32.2. The minimum Gasteiger partial charge on any atom is -0.393 e. The zero-order valence-electron chi connectivity index (χ0n) is 18.7. The largest absolute Gasteiger partial charge is 0.393 e. The number of hydrogen-bond donors (Lipinski definition) is 3. The second kappa shape index (κ2) is 9.54. The number of nitrogens with zero attached hydrogens (tertiary/aromatic N) is 3. The van der Waals surface area contributed by atoms with Crippen molar-refractivity contribution in [3.8, 4) is 0 Å². The van der Waals surface area contributed by atoms with Crippen molar-refractivity contribution in [2.24, 2.45) is 7.05 Å². The van der Waals surface area contributed by atoms with Crippen molar-refractivity contribution < 1.29 is 8.42 Å². The molecule has 0 saturated heterocycles. The molecule has 10 heteroatoms. The van der Waals surface area contributed by atoms with E-state index in [0.717, 1.165) is 5.56 Å². The fourth-order valence-corrected chi connectivity index (χ4v) is 4.79. The Hall–Kier alpha value is -3.89. The monoisotopic (exact) mass is 476 g/mol. The lowest BCUT2D eigenvalue weighted by molar-refractivity contribution is 0.580. The van der Waals surface area contributed by atoms with E-state index < -0.39 is 10.0 Å². The van der Waals surface area contributed by atoms with Crippen molar-refractivity contribution in [2.75, 3.05) is 7.05 Å². The molecule has 4 aromatic rings. The Bertz CT molecular complexity index is 1590. The predicted octanol–water partition coefficient (Wildman–Crippen LogP) is 2.31. The summed E-state index contributed by atoms with van der Waals surface area (Å²) in [5.74, 6) is -0.258. The fraction of sp³-hybridized carbons (Fsp3) is 0.167. The van der Waals surface area contributed by atoms with E-state index >= 15 is 0 Å². The minimum absolute atomic E-state index is 0.139. The van der Waals surface area contributed by atoms with E-state index in [1.165, 1.54) is 6.21 Å². The first kappa shape index (κ1) is 23.3. The molecule has 4 rings (SSSR count). The molecule has 0 aliphatic carbocycles. The summed E-state index contributed by atoms with van der Waals surface area (Å²) in [4.78, 5) is 17.8. The van der Waals surface area contributed by atoms with Gasteiger partial charge in [0.25, 0.3) is 0 Å². The van der Waals surface area contributed by atoms with E-state index in [9.17, 15) is 13.2 Å². The first-order chi connectivity index (χ1) is 16.3. The van der Waals surface area contributed by atoms with Gasteiger partial charge in [-0.3, -0.25) is 14.5 Å². The van der Waals surface area contributed by atoms with E-state index in [1.54, 1.807) is 80.0 Å². The second-order valence-electron chi connectivity index (χ2n) is 7.88. The first-order valence-electron chi connectivity index (χ1n) is 10.5. The predicted molar refractivity (Wildman–Crippen MR) is 134 cm³/mol. The van der Waals surface area contributed by atoms with Crippen LogP contribution >= 0.6 is 0 Å². The van der Waals surface area contributed by atoms with Crippen LogP contribution in [0.5, 0.6) is 0 Å². The maximum Gasteiger partial charge on any atom is 0.216 e. The van der Waals surface area contributed by atoms with Gasteiger partial charge in [-0.25, -0.2) is 13.1 Å². The molecule has 0 fully saturated rings. The number of nitrogens with one attached hydrogen (secondary N) is 3. The summed E-state index contributed by atoms with van der Waals surface area (Å²) in [6.07, 6.45) is 7.80. The van der Waals surface area contributed by atoms with Crippen LogP contribution in [0.25, 0.3) is 27.2 Å². The van der Waals surface area contributed by atoms with Gasteiger partial charge in [-0.1, -0.05) is 18.2 Å². The van der Waals surface area contributed by atoms with Gasteiger partial charge in [0, 0.05) is 72.9 Å². The van der Waals surface area contributed by atoms with Gasteiger partial charge in [-0.15, -0.1) is 0 Å². The zero-order chi connectivity index (χ0) is 24.3. The molecule has 9 nitrogen and oxygen atoms in total. The molecule has 2 heterocycles. The van der Waals surface area contributed by atoms with Crippen LogP contribution in [-0.4, -0.2) is 36.4 Å². The number of aryl methyl sites for hydroxylation is 1. The molecule has 0 spiro atoms. The number of fused-ring (bicyclic) bond motifs is 2. The van der Waals surface area contributed by atoms with Crippen LogP contribution in [0, 0.1) is 5.41 Å². The van der Waals surface area contributed by atoms with Crippen molar-refractivity contribution >= 4 is 43.5 Å². The normalized spacial score (nSPS) is 12.2. The molecule has 3 N–H and O–H groups in total. The van der Waals surface area contributed by atoms with Crippen LogP contribution in [0.3, 0.4) is 0 Å². The summed E-state index contributed by atoms with van der Waals surface area (Å²) >= 11 is 0. The maximum atomic E-state index is 13.4. The number of sulfonamides is 1. The third kappa shape index (κ3) is 5.03. The molecule has 0 saturated carbocycles. The van der Waals surface area contributed by atoms with Crippen molar-refractivity contribution in [2.45, 2.75) is 12.3 Å². The van der Waals surface area contributed by atoms with Gasteiger partial charge in [0.1, 0.15) is 0 Å². The molecule has 0 aliphatic rings. The summed E-state index contributed by atoms with van der Waals surface area (Å²) in [6.45, 7) is 0.139. The number of aromatic nitrogens is 3. The Morgan fingerprint density at radius 1 is 1.12 bits per heavy atom. The number of pyridine rings is 1. The average Bonchev–Trinajstić information content (AvgIpc) is 3.19. The Labute approximate surface area is 196 Å². The number of rotatable bonds is 8. The van der Waals surface area contributed by atoms with E-state index in [4.69, 9.17) is 5.41 Å². The van der Waals surface area contributed by atoms with Crippen LogP contribution in [-0.2, 0) is 29.4 Å². The molecular formula is C24H24N6O3S. The van der Waals surface area contributed by atoms with Crippen LogP contribution in [0.4, 0.5) is 0 Å². The van der Waals surface area contributed by atoms with Crippen molar-refractivity contribution in [3.05, 3.63) is 88.1 Å². The highest BCUT2D eigenvalue weighted by molar-refractivity contribution is 7.88. The standard InChI is InChI=1S/C24H24N6O3S/c1-26-12-20(9-25)19-8-22-23(27-13-19)6-5-18-4-3-16(7-21(18)24(22)31)15-34(32,33)29-11-17-10-28-30(2)14-17/h3-10,12-14,25-26,29H,11,15H2,1-2H3/b20-12+,25-9?. The molecule has 0 radical (unpaired) electrons. The van der Waals surface area contributed by atoms with Gasteiger partial charge in [0.2, 0.25) is 10.0 Å². The third-order valence-electron chi connectivity index (χ3n) is 5.35. The summed E-state index contributed by atoms with van der Waals surface area (Å²) < 4.78 is 29.4. The van der Waals surface area contributed by atoms with Crippen molar-refractivity contribution in [1.29, 1.82) is 5.41 Å². The summed E-state index contributed by atoms with van der Waals surface area (Å²) in [7, 11) is -0.142. The molecule has 0 atom stereocenters. The molecule has 0 amide bonds. The Morgan fingerprint density at radius 2 is 1.91 bits per heavy atom. The first-order valence-corrected chi connectivity index (χ1v) is 12.1. The zero-order valence-corrected chi connectivity index (χ0v) is 19.6. The summed E-state index contributed by atoms with van der Waals surface area (Å²) in [5.41, 5.74) is 2.74. The van der Waals surface area contributed by atoms with Gasteiger partial charge in [0.05, 0.1) is 17.5 Å². The molecule has 174 valence electrons. The smallest absolute Gasteiger partial charge is 0.216 e. The highest BCUT2D eigenvalue weighted by Gasteiger charge is 2.14. The van der Waals surface area contributed by atoms with Crippen LogP contribution < -0.4 is 15.5 Å². The van der Waals surface area contributed by atoms with Gasteiger partial charge in [-0.05, 0) is 29.1 Å². The van der Waals surface area contributed by atoms with Crippen molar-refractivity contribution in [3.63, 3.8) is 0 Å². The second-order valence-corrected chi connectivity index (χ2v) is 9.68. The lowest BCUT2D eigenvalue weighted by atomic mass is 10.1. The third-order valence-corrected chi connectivity index (χ3v) is 6.64. The summed E-state index contributed by atoms with van der Waals surface area (Å²) in [6, 6.07) is 10.3. The fourth-order valence-electron chi connectivity index (χ4n) is 3.69. The highest BCUT2D eigenvalue weighted by Crippen LogP contribution is 2.20. The number of allylic oxidation sites excluding steroid dienone is 1. The summed E-state index contributed by atoms with van der Waals surface area (Å²) in [5, 5.41) is 16.0. The molecular weight excluding hydrogens is 452 g/mol. The Morgan fingerprint density at radius 3 is 2.62 bits per heavy atom. The molecule has 0 bridgehead atoms. The maximum absolute atomic E-state index is 13.4. The molecule has 0 aliphatic heterocycles. The molecule has 0 unspecified atom stereocenters. The quantitative estimate of drug-likeness (QED) is 0.335. The van der Waals surface area contributed by atoms with Gasteiger partial charge in [0.15, 0.2) is 5.43 Å². The lowest BCUT2D eigenvalue weighted by Gasteiger charge is -2.06. The molecule has 34 heavy (non-hydrogen) atoms. The lowest BCUT2D eigenvalue weighted by Crippen LogP contribution is -2.24. The van der Waals surface area contributed by atoms with E-state index in [1.807, 2.05) is 0 Å². The Balaban J connectivity index is 1.72. The Kier molecular flexibility index (Phi) is 6.53. The van der Waals surface area contributed by atoms with Gasteiger partial charge < -0.3 is 10.7 Å². The topological polar surface area (TPSA) is 130 Å². The van der Waals surface area contributed by atoms with Crippen LogP contribution in [0.15, 0.2) is 66.0 Å². The van der Waals surface area contributed by atoms with E-state index in [0.29, 0.717) is 38.4 Å². The van der Waals surface area contributed by atoms with Gasteiger partial charge in [-0.2, -0.15) is 5.10 Å². The van der Waals surface area contributed by atoms with Crippen LogP contribution in [0.2, 0.25) is 0 Å². The van der Waals surface area contributed by atoms with E-state index in [2.05, 4.69) is 20.1 Å². The SMILES string of the molecule is CN/C=C(\C=N)c1cnc2ccc3ccc(CS(=O)(=O)NCc4cnn(C)c4)cc3c(=O)c2c1. The number of hydrogen-bond acceptors (Lipinski definition) is 7. The average molecular weight is 477 g/mol. The van der Waals surface area contributed by atoms with E-state index in [-0.39, 0.29) is 17.7 Å². The van der Waals surface area contributed by atoms with Crippen LogP contribution in [0.1, 0.15) is 16.7 Å². The molecule has 2 aromatic carbocycles. The molecule has 2 aromatic heterocycles. The number of benzene rings is 1. The van der Waals surface area contributed by atoms with Gasteiger partial charge >= 0.3 is 0 Å².